The Kier molecular flexibility index (Phi) is 6.13. The van der Waals surface area contributed by atoms with Crippen LogP contribution in [0.25, 0.3) is 5.69 Å². The van der Waals surface area contributed by atoms with Gasteiger partial charge in [-0.25, -0.2) is 18.2 Å². The van der Waals surface area contributed by atoms with E-state index in [1.807, 2.05) is 16.8 Å². The zero-order valence-electron chi connectivity index (χ0n) is 16.8. The number of carbonyl (C=O) groups excluding carboxylic acids is 1. The van der Waals surface area contributed by atoms with Gasteiger partial charge < -0.3 is 5.32 Å². The number of hydrogen-bond acceptors (Lipinski definition) is 4. The summed E-state index contributed by atoms with van der Waals surface area (Å²) in [6, 6.07) is 14.0. The van der Waals surface area contributed by atoms with Crippen LogP contribution < -0.4 is 10.5 Å². The van der Waals surface area contributed by atoms with Crippen LogP contribution in [0.3, 0.4) is 0 Å². The molecule has 1 amide bonds. The van der Waals surface area contributed by atoms with Crippen LogP contribution in [-0.2, 0) is 28.6 Å². The van der Waals surface area contributed by atoms with E-state index in [0.29, 0.717) is 22.0 Å². The van der Waals surface area contributed by atoms with Crippen molar-refractivity contribution in [2.75, 3.05) is 5.32 Å². The van der Waals surface area contributed by atoms with Gasteiger partial charge in [0.1, 0.15) is 0 Å². The van der Waals surface area contributed by atoms with Crippen molar-refractivity contribution in [1.82, 2.24) is 9.78 Å². The normalized spacial score (nSPS) is 14.0. The Morgan fingerprint density at radius 3 is 2.58 bits per heavy atom. The molecule has 0 unspecified atom stereocenters. The smallest absolute Gasteiger partial charge is 0.276 e. The molecule has 0 aliphatic heterocycles. The fourth-order valence-electron chi connectivity index (χ4n) is 3.92. The Hall–Kier alpha value is -2.68. The molecule has 0 bridgehead atoms. The van der Waals surface area contributed by atoms with Gasteiger partial charge in [-0.1, -0.05) is 30.2 Å². The first kappa shape index (κ1) is 21.5. The molecular formula is C22H23ClN4O3S. The van der Waals surface area contributed by atoms with Gasteiger partial charge in [-0.3, -0.25) is 4.79 Å². The Labute approximate surface area is 186 Å². The molecule has 0 saturated heterocycles. The van der Waals surface area contributed by atoms with Gasteiger partial charge in [0.2, 0.25) is 10.0 Å². The molecule has 1 aliphatic carbocycles. The van der Waals surface area contributed by atoms with Crippen LogP contribution in [0, 0.1) is 0 Å². The number of nitrogens with two attached hydrogens (primary N) is 1. The number of nitrogens with one attached hydrogen (secondary N) is 1. The first-order valence-corrected chi connectivity index (χ1v) is 12.2. The Balaban J connectivity index is 1.67. The fraction of sp³-hybridized carbons (Fsp3) is 0.273. The van der Waals surface area contributed by atoms with E-state index in [-0.39, 0.29) is 11.7 Å². The van der Waals surface area contributed by atoms with Crippen molar-refractivity contribution in [3.05, 3.63) is 76.1 Å². The molecule has 31 heavy (non-hydrogen) atoms. The highest BCUT2D eigenvalue weighted by Gasteiger charge is 2.25. The Bertz CT molecular complexity index is 1220. The van der Waals surface area contributed by atoms with Crippen molar-refractivity contribution in [3.8, 4) is 5.69 Å². The number of amides is 1. The molecule has 0 spiro atoms. The number of nitrogens with zero attached hydrogens (tertiary/aromatic N) is 2. The van der Waals surface area contributed by atoms with Gasteiger partial charge in [0.05, 0.1) is 11.4 Å². The number of primary sulfonamides is 1. The minimum absolute atomic E-state index is 0.294. The van der Waals surface area contributed by atoms with Gasteiger partial charge in [0, 0.05) is 22.0 Å². The zero-order chi connectivity index (χ0) is 22.0. The first-order valence-electron chi connectivity index (χ1n) is 10.1. The third kappa shape index (κ3) is 5.15. The standard InChI is InChI=1S/C22H23ClN4O3S/c23-16-9-11-18(12-10-16)27-20-8-3-1-2-7-19(20)21(26-27)22(28)25-17-6-4-5-15(13-17)14-31(24,29)30/h4-6,9-13H,1-3,7-8,14H2,(H,25,28)(H2,24,29,30). The monoisotopic (exact) mass is 458 g/mol. The van der Waals surface area contributed by atoms with Crippen molar-refractivity contribution in [1.29, 1.82) is 0 Å². The van der Waals surface area contributed by atoms with Gasteiger partial charge in [0.15, 0.2) is 5.69 Å². The molecule has 9 heteroatoms. The average Bonchev–Trinajstić information content (AvgIpc) is 2.89. The first-order chi connectivity index (χ1) is 14.8. The Morgan fingerprint density at radius 2 is 1.84 bits per heavy atom. The number of anilines is 1. The number of carbonyl (C=O) groups is 1. The second kappa shape index (κ2) is 8.82. The van der Waals surface area contributed by atoms with E-state index < -0.39 is 10.0 Å². The van der Waals surface area contributed by atoms with Gasteiger partial charge in [-0.15, -0.1) is 0 Å². The number of rotatable bonds is 5. The van der Waals surface area contributed by atoms with Crippen molar-refractivity contribution < 1.29 is 13.2 Å². The van der Waals surface area contributed by atoms with Crippen LogP contribution in [0.2, 0.25) is 5.02 Å². The van der Waals surface area contributed by atoms with Gasteiger partial charge in [-0.2, -0.15) is 5.10 Å². The average molecular weight is 459 g/mol. The summed E-state index contributed by atoms with van der Waals surface area (Å²) in [7, 11) is -3.66. The van der Waals surface area contributed by atoms with Crippen LogP contribution in [0.15, 0.2) is 48.5 Å². The molecule has 162 valence electrons. The summed E-state index contributed by atoms with van der Waals surface area (Å²) in [4.78, 5) is 13.1. The number of benzene rings is 2. The molecule has 7 nitrogen and oxygen atoms in total. The molecule has 1 aromatic heterocycles. The van der Waals surface area contributed by atoms with Gasteiger partial charge in [-0.05, 0) is 67.6 Å². The maximum Gasteiger partial charge on any atom is 0.276 e. The number of halogens is 1. The molecular weight excluding hydrogens is 436 g/mol. The predicted molar refractivity (Wildman–Crippen MR) is 121 cm³/mol. The van der Waals surface area contributed by atoms with E-state index in [4.69, 9.17) is 16.7 Å². The van der Waals surface area contributed by atoms with E-state index >= 15 is 0 Å². The van der Waals surface area contributed by atoms with E-state index in [1.54, 1.807) is 36.4 Å². The van der Waals surface area contributed by atoms with Gasteiger partial charge in [0.25, 0.3) is 5.91 Å². The Morgan fingerprint density at radius 1 is 1.10 bits per heavy atom. The minimum Gasteiger partial charge on any atom is -0.321 e. The molecule has 0 saturated carbocycles. The van der Waals surface area contributed by atoms with Crippen molar-refractivity contribution in [2.24, 2.45) is 5.14 Å². The van der Waals surface area contributed by atoms with Crippen LogP contribution in [0.1, 0.15) is 46.6 Å². The lowest BCUT2D eigenvalue weighted by Gasteiger charge is -2.07. The second-order valence-corrected chi connectivity index (χ2v) is 9.74. The molecule has 1 heterocycles. The largest absolute Gasteiger partial charge is 0.321 e. The fourth-order valence-corrected chi connectivity index (χ4v) is 4.69. The second-order valence-electron chi connectivity index (χ2n) is 7.68. The van der Waals surface area contributed by atoms with Crippen molar-refractivity contribution >= 4 is 33.2 Å². The molecule has 0 radical (unpaired) electrons. The zero-order valence-corrected chi connectivity index (χ0v) is 18.4. The minimum atomic E-state index is -3.66. The third-order valence-electron chi connectivity index (χ3n) is 5.27. The summed E-state index contributed by atoms with van der Waals surface area (Å²) in [6.07, 6.45) is 4.79. The molecule has 3 aromatic rings. The molecule has 1 aliphatic rings. The van der Waals surface area contributed by atoms with Crippen LogP contribution in [0.5, 0.6) is 0 Å². The van der Waals surface area contributed by atoms with E-state index in [2.05, 4.69) is 10.4 Å². The summed E-state index contributed by atoms with van der Waals surface area (Å²) >= 11 is 6.03. The van der Waals surface area contributed by atoms with Crippen LogP contribution in [-0.4, -0.2) is 24.1 Å². The highest BCUT2D eigenvalue weighted by molar-refractivity contribution is 7.88. The number of aromatic nitrogens is 2. The van der Waals surface area contributed by atoms with Crippen molar-refractivity contribution in [3.63, 3.8) is 0 Å². The highest BCUT2D eigenvalue weighted by Crippen LogP contribution is 2.27. The maximum atomic E-state index is 13.1. The van der Waals surface area contributed by atoms with Crippen molar-refractivity contribution in [2.45, 2.75) is 37.9 Å². The number of hydrogen-bond donors (Lipinski definition) is 2. The lowest BCUT2D eigenvalue weighted by Crippen LogP contribution is -2.16. The summed E-state index contributed by atoms with van der Waals surface area (Å²) in [5.41, 5.74) is 4.26. The molecule has 4 rings (SSSR count). The highest BCUT2D eigenvalue weighted by atomic mass is 35.5. The van der Waals surface area contributed by atoms with Crippen LogP contribution >= 0.6 is 11.6 Å². The van der Waals surface area contributed by atoms with E-state index in [1.165, 1.54) is 0 Å². The number of sulfonamides is 1. The van der Waals surface area contributed by atoms with E-state index in [9.17, 15) is 13.2 Å². The van der Waals surface area contributed by atoms with E-state index in [0.717, 1.165) is 49.0 Å². The predicted octanol–water partition coefficient (Wildman–Crippen LogP) is 3.84. The molecule has 2 aromatic carbocycles. The quantitative estimate of drug-likeness (QED) is 0.566. The third-order valence-corrected chi connectivity index (χ3v) is 6.26. The summed E-state index contributed by atoms with van der Waals surface area (Å²) in [5, 5.41) is 13.3. The SMILES string of the molecule is NS(=O)(=O)Cc1cccc(NC(=O)c2nn(-c3ccc(Cl)cc3)c3c2CCCCC3)c1. The lowest BCUT2D eigenvalue weighted by molar-refractivity contribution is 0.102. The maximum absolute atomic E-state index is 13.1. The molecule has 0 atom stereocenters. The summed E-state index contributed by atoms with van der Waals surface area (Å²) < 4.78 is 24.6. The summed E-state index contributed by atoms with van der Waals surface area (Å²) in [6.45, 7) is 0. The molecule has 3 N–H and O–H groups in total. The van der Waals surface area contributed by atoms with Crippen LogP contribution in [0.4, 0.5) is 5.69 Å². The number of fused-ring (bicyclic) bond motifs is 1. The summed E-state index contributed by atoms with van der Waals surface area (Å²) in [5.74, 6) is -0.615. The topological polar surface area (TPSA) is 107 Å². The molecule has 0 fully saturated rings. The van der Waals surface area contributed by atoms with Gasteiger partial charge >= 0.3 is 0 Å². The lowest BCUT2D eigenvalue weighted by atomic mass is 10.1.